The van der Waals surface area contributed by atoms with E-state index >= 15 is 0 Å². The van der Waals surface area contributed by atoms with Crippen LogP contribution in [0.15, 0.2) is 32.5 Å². The van der Waals surface area contributed by atoms with Crippen LogP contribution in [0, 0.1) is 0 Å². The van der Waals surface area contributed by atoms with Gasteiger partial charge in [0.05, 0.1) is 9.47 Å². The quantitative estimate of drug-likeness (QED) is 0.807. The molecule has 19 heavy (non-hydrogen) atoms. The molecule has 0 bridgehead atoms. The number of fused-ring (bicyclic) bond motifs is 1. The van der Waals surface area contributed by atoms with Crippen molar-refractivity contribution >= 4 is 48.9 Å². The zero-order chi connectivity index (χ0) is 13.2. The third-order valence-electron chi connectivity index (χ3n) is 2.71. The van der Waals surface area contributed by atoms with Crippen molar-refractivity contribution in [2.45, 2.75) is 6.54 Å². The van der Waals surface area contributed by atoms with Crippen LogP contribution < -0.4 is 14.8 Å². The minimum Gasteiger partial charge on any atom is -0.486 e. The lowest BCUT2D eigenvalue weighted by molar-refractivity contribution is 0.171. The van der Waals surface area contributed by atoms with Gasteiger partial charge in [-0.3, -0.25) is 0 Å². The molecule has 100 valence electrons. The van der Waals surface area contributed by atoms with Crippen molar-refractivity contribution in [1.82, 2.24) is 0 Å². The highest BCUT2D eigenvalue weighted by Crippen LogP contribution is 2.38. The molecule has 0 spiro atoms. The number of halogens is 2. The van der Waals surface area contributed by atoms with Gasteiger partial charge in [-0.1, -0.05) is 0 Å². The first-order chi connectivity index (χ1) is 9.22. The lowest BCUT2D eigenvalue weighted by Crippen LogP contribution is -2.15. The monoisotopic (exact) mass is 403 g/mol. The molecule has 0 unspecified atom stereocenters. The zero-order valence-electron chi connectivity index (χ0n) is 9.91. The summed E-state index contributed by atoms with van der Waals surface area (Å²) in [5.41, 5.74) is 1.01. The molecule has 6 heteroatoms. The SMILES string of the molecule is Brc1ccc(CNc2cc3c(cc2Br)OCCO3)s1. The van der Waals surface area contributed by atoms with Crippen LogP contribution in [0.5, 0.6) is 11.5 Å². The molecule has 0 fully saturated rings. The maximum atomic E-state index is 5.58. The minimum atomic E-state index is 0.603. The molecule has 3 rings (SSSR count). The van der Waals surface area contributed by atoms with Gasteiger partial charge in [0.25, 0.3) is 0 Å². The Kier molecular flexibility index (Phi) is 4.00. The highest BCUT2D eigenvalue weighted by molar-refractivity contribution is 9.11. The van der Waals surface area contributed by atoms with E-state index < -0.39 is 0 Å². The predicted octanol–water partition coefficient (Wildman–Crippen LogP) is 4.66. The second-order valence-corrected chi connectivity index (χ2v) is 7.44. The molecule has 1 aliphatic rings. The molecular formula is C13H11Br2NO2S. The molecule has 0 atom stereocenters. The third kappa shape index (κ3) is 3.07. The summed E-state index contributed by atoms with van der Waals surface area (Å²) in [5.74, 6) is 1.59. The molecule has 3 nitrogen and oxygen atoms in total. The average Bonchev–Trinajstić information content (AvgIpc) is 2.82. The molecule has 0 radical (unpaired) electrons. The van der Waals surface area contributed by atoms with Crippen LogP contribution in [0.4, 0.5) is 5.69 Å². The second-order valence-electron chi connectivity index (χ2n) is 4.04. The molecule has 0 saturated carbocycles. The number of rotatable bonds is 3. The van der Waals surface area contributed by atoms with E-state index in [1.165, 1.54) is 4.88 Å². The molecule has 2 heterocycles. The fraction of sp³-hybridized carbons (Fsp3) is 0.231. The number of thiophene rings is 1. The number of hydrogen-bond acceptors (Lipinski definition) is 4. The summed E-state index contributed by atoms with van der Waals surface area (Å²) in [6, 6.07) is 8.08. The predicted molar refractivity (Wildman–Crippen MR) is 84.5 cm³/mol. The van der Waals surface area contributed by atoms with E-state index in [0.717, 1.165) is 32.0 Å². The highest BCUT2D eigenvalue weighted by Gasteiger charge is 2.14. The Morgan fingerprint density at radius 3 is 2.53 bits per heavy atom. The fourth-order valence-corrected chi connectivity index (χ4v) is 3.71. The van der Waals surface area contributed by atoms with Crippen molar-refractivity contribution < 1.29 is 9.47 Å². The number of benzene rings is 1. The minimum absolute atomic E-state index is 0.603. The topological polar surface area (TPSA) is 30.5 Å². The zero-order valence-corrected chi connectivity index (χ0v) is 13.9. The van der Waals surface area contributed by atoms with E-state index in [4.69, 9.17) is 9.47 Å². The lowest BCUT2D eigenvalue weighted by Gasteiger charge is -2.20. The van der Waals surface area contributed by atoms with Gasteiger partial charge in [0.1, 0.15) is 13.2 Å². The summed E-state index contributed by atoms with van der Waals surface area (Å²) in [4.78, 5) is 1.27. The van der Waals surface area contributed by atoms with Crippen LogP contribution in [0.1, 0.15) is 4.88 Å². The maximum Gasteiger partial charge on any atom is 0.163 e. The number of nitrogens with one attached hydrogen (secondary N) is 1. The number of hydrogen-bond donors (Lipinski definition) is 1. The molecule has 0 amide bonds. The average molecular weight is 405 g/mol. The van der Waals surface area contributed by atoms with E-state index in [9.17, 15) is 0 Å². The summed E-state index contributed by atoms with van der Waals surface area (Å²) in [6.45, 7) is 2.00. The standard InChI is InChI=1S/C13H11Br2NO2S/c14-9-5-11-12(18-4-3-17-11)6-10(9)16-7-8-1-2-13(15)19-8/h1-2,5-6,16H,3-4,7H2. The lowest BCUT2D eigenvalue weighted by atomic mass is 10.2. The molecule has 1 aromatic carbocycles. The van der Waals surface area contributed by atoms with E-state index in [-0.39, 0.29) is 0 Å². The van der Waals surface area contributed by atoms with Crippen LogP contribution in [-0.4, -0.2) is 13.2 Å². The summed E-state index contributed by atoms with van der Waals surface area (Å²) < 4.78 is 13.2. The summed E-state index contributed by atoms with van der Waals surface area (Å²) in [6.07, 6.45) is 0. The van der Waals surface area contributed by atoms with Gasteiger partial charge in [-0.2, -0.15) is 0 Å². The van der Waals surface area contributed by atoms with Crippen LogP contribution >= 0.6 is 43.2 Å². The molecular weight excluding hydrogens is 394 g/mol. The first-order valence-electron chi connectivity index (χ1n) is 5.79. The second kappa shape index (κ2) is 5.73. The Hall–Kier alpha value is -0.720. The van der Waals surface area contributed by atoms with E-state index in [0.29, 0.717) is 13.2 Å². The van der Waals surface area contributed by atoms with Crippen molar-refractivity contribution in [3.05, 3.63) is 37.4 Å². The Labute approximate surface area is 132 Å². The Morgan fingerprint density at radius 2 is 1.84 bits per heavy atom. The molecule has 0 aliphatic carbocycles. The normalized spacial score (nSPS) is 13.4. The van der Waals surface area contributed by atoms with E-state index in [1.807, 2.05) is 12.1 Å². The van der Waals surface area contributed by atoms with Gasteiger partial charge in [0.2, 0.25) is 0 Å². The fourth-order valence-electron chi connectivity index (χ4n) is 1.83. The van der Waals surface area contributed by atoms with Gasteiger partial charge in [-0.05, 0) is 44.0 Å². The smallest absolute Gasteiger partial charge is 0.163 e. The van der Waals surface area contributed by atoms with Crippen molar-refractivity contribution in [2.24, 2.45) is 0 Å². The van der Waals surface area contributed by atoms with Crippen molar-refractivity contribution in [3.63, 3.8) is 0 Å². The number of anilines is 1. The van der Waals surface area contributed by atoms with Gasteiger partial charge >= 0.3 is 0 Å². The summed E-state index contributed by atoms with van der Waals surface area (Å²) in [5, 5.41) is 3.40. The number of ether oxygens (including phenoxy) is 2. The van der Waals surface area contributed by atoms with Gasteiger partial charge in [-0.25, -0.2) is 0 Å². The summed E-state index contributed by atoms with van der Waals surface area (Å²) in [7, 11) is 0. The molecule has 1 aromatic heterocycles. The first-order valence-corrected chi connectivity index (χ1v) is 8.20. The van der Waals surface area contributed by atoms with Crippen molar-refractivity contribution in [3.8, 4) is 11.5 Å². The molecule has 2 aromatic rings. The molecule has 1 N–H and O–H groups in total. The van der Waals surface area contributed by atoms with Crippen LogP contribution in [0.3, 0.4) is 0 Å². The third-order valence-corrected chi connectivity index (χ3v) is 4.99. The van der Waals surface area contributed by atoms with Gasteiger partial charge in [0.15, 0.2) is 11.5 Å². The maximum absolute atomic E-state index is 5.58. The van der Waals surface area contributed by atoms with Gasteiger partial charge in [0, 0.05) is 28.0 Å². The van der Waals surface area contributed by atoms with Crippen LogP contribution in [0.25, 0.3) is 0 Å². The van der Waals surface area contributed by atoms with Crippen molar-refractivity contribution in [1.29, 1.82) is 0 Å². The van der Waals surface area contributed by atoms with Crippen LogP contribution in [-0.2, 0) is 6.54 Å². The molecule has 1 aliphatic heterocycles. The Balaban J connectivity index is 1.77. The summed E-state index contributed by atoms with van der Waals surface area (Å²) >= 11 is 8.74. The molecule has 0 saturated heterocycles. The van der Waals surface area contributed by atoms with E-state index in [2.05, 4.69) is 49.3 Å². The largest absolute Gasteiger partial charge is 0.486 e. The van der Waals surface area contributed by atoms with E-state index in [1.54, 1.807) is 11.3 Å². The first kappa shape index (κ1) is 13.3. The van der Waals surface area contributed by atoms with Crippen molar-refractivity contribution in [2.75, 3.05) is 18.5 Å². The van der Waals surface area contributed by atoms with Gasteiger partial charge < -0.3 is 14.8 Å². The highest BCUT2D eigenvalue weighted by atomic mass is 79.9. The Morgan fingerprint density at radius 1 is 1.11 bits per heavy atom. The van der Waals surface area contributed by atoms with Gasteiger partial charge in [-0.15, -0.1) is 11.3 Å². The van der Waals surface area contributed by atoms with Crippen LogP contribution in [0.2, 0.25) is 0 Å². The Bertz CT molecular complexity index is 600.